The molecule has 0 aromatic heterocycles. The van der Waals surface area contributed by atoms with E-state index >= 15 is 0 Å². The van der Waals surface area contributed by atoms with Crippen LogP contribution in [0.2, 0.25) is 0 Å². The van der Waals surface area contributed by atoms with E-state index in [1.54, 1.807) is 13.2 Å². The van der Waals surface area contributed by atoms with Crippen LogP contribution in [-0.4, -0.2) is 38.2 Å². The first-order valence-electron chi connectivity index (χ1n) is 7.49. The Morgan fingerprint density at radius 2 is 1.92 bits per heavy atom. The van der Waals surface area contributed by atoms with E-state index in [0.717, 1.165) is 17.7 Å². The molecule has 7 heteroatoms. The zero-order valence-corrected chi connectivity index (χ0v) is 18.4. The van der Waals surface area contributed by atoms with E-state index in [2.05, 4.69) is 28.6 Å². The van der Waals surface area contributed by atoms with Gasteiger partial charge in [-0.15, -0.1) is 28.1 Å². The van der Waals surface area contributed by atoms with Crippen molar-refractivity contribution >= 4 is 21.6 Å². The van der Waals surface area contributed by atoms with Crippen molar-refractivity contribution in [2.24, 2.45) is 0 Å². The Balaban J connectivity index is 0.00000312. The fraction of sp³-hybridized carbons (Fsp3) is 0.333. The van der Waals surface area contributed by atoms with E-state index in [1.807, 2.05) is 24.3 Å². The van der Waals surface area contributed by atoms with Crippen LogP contribution in [0.15, 0.2) is 47.1 Å². The van der Waals surface area contributed by atoms with Crippen molar-refractivity contribution in [1.29, 1.82) is 0 Å². The second kappa shape index (κ2) is 11.2. The van der Waals surface area contributed by atoms with E-state index in [9.17, 15) is 8.78 Å². The molecule has 1 heterocycles. The van der Waals surface area contributed by atoms with Crippen molar-refractivity contribution in [3.05, 3.63) is 58.7 Å². The standard InChI is InChI=1S/C18H19BrF2NO2.Y/c1-13-16(19)8-9-17(22(13)12-18(20)21)14-4-6-15(7-5-14)24-11-3-10-23-2;/h4-8,18H,1,3,10-12H2,2H3;/q-1;. The predicted octanol–water partition coefficient (Wildman–Crippen LogP) is 4.62. The maximum atomic E-state index is 12.9. The maximum absolute atomic E-state index is 12.9. The summed E-state index contributed by atoms with van der Waals surface area (Å²) in [6, 6.07) is 7.28. The van der Waals surface area contributed by atoms with Crippen molar-refractivity contribution in [3.8, 4) is 5.75 Å². The minimum atomic E-state index is -2.47. The van der Waals surface area contributed by atoms with Crippen molar-refractivity contribution < 1.29 is 51.0 Å². The van der Waals surface area contributed by atoms with Gasteiger partial charge in [0.05, 0.1) is 13.2 Å². The minimum Gasteiger partial charge on any atom is -0.494 e. The number of alkyl halides is 2. The Morgan fingerprint density at radius 3 is 2.52 bits per heavy atom. The Hall–Kier alpha value is -0.556. The van der Waals surface area contributed by atoms with E-state index < -0.39 is 13.0 Å². The average Bonchev–Trinajstić information content (AvgIpc) is 2.56. The number of ether oxygens (including phenoxy) is 2. The molecule has 0 saturated carbocycles. The van der Waals surface area contributed by atoms with Gasteiger partial charge < -0.3 is 14.4 Å². The molecule has 0 fully saturated rings. The van der Waals surface area contributed by atoms with Gasteiger partial charge in [0.2, 0.25) is 0 Å². The van der Waals surface area contributed by atoms with Crippen molar-refractivity contribution in [1.82, 2.24) is 4.90 Å². The second-order valence-corrected chi connectivity index (χ2v) is 6.01. The summed E-state index contributed by atoms with van der Waals surface area (Å²) >= 11 is 3.31. The molecule has 0 atom stereocenters. The van der Waals surface area contributed by atoms with Crippen LogP contribution in [0.1, 0.15) is 12.0 Å². The molecule has 133 valence electrons. The fourth-order valence-electron chi connectivity index (χ4n) is 2.24. The Kier molecular flexibility index (Phi) is 10.1. The molecule has 0 amide bonds. The summed E-state index contributed by atoms with van der Waals surface area (Å²) in [7, 11) is 1.65. The molecule has 0 aliphatic carbocycles. The number of rotatable bonds is 8. The second-order valence-electron chi connectivity index (χ2n) is 5.15. The van der Waals surface area contributed by atoms with Gasteiger partial charge in [-0.2, -0.15) is 12.2 Å². The van der Waals surface area contributed by atoms with Crippen LogP contribution >= 0.6 is 15.9 Å². The van der Waals surface area contributed by atoms with E-state index in [-0.39, 0.29) is 32.7 Å². The third kappa shape index (κ3) is 6.59. The molecule has 1 aliphatic rings. The molecule has 2 rings (SSSR count). The van der Waals surface area contributed by atoms with E-state index in [0.29, 0.717) is 29.1 Å². The first-order valence-corrected chi connectivity index (χ1v) is 8.28. The normalized spacial score (nSPS) is 14.1. The molecule has 0 unspecified atom stereocenters. The molecule has 0 spiro atoms. The molecule has 3 nitrogen and oxygen atoms in total. The van der Waals surface area contributed by atoms with Gasteiger partial charge in [-0.3, -0.25) is 0 Å². The summed E-state index contributed by atoms with van der Waals surface area (Å²) in [6.07, 6.45) is 3.05. The number of benzene rings is 1. The van der Waals surface area contributed by atoms with Gasteiger partial charge in [0.15, 0.2) is 0 Å². The molecule has 1 aromatic rings. The molecule has 1 aromatic carbocycles. The molecule has 0 saturated heterocycles. The Labute approximate surface area is 180 Å². The third-order valence-electron chi connectivity index (χ3n) is 3.42. The zero-order valence-electron chi connectivity index (χ0n) is 14.0. The number of halogens is 3. The minimum absolute atomic E-state index is 0. The topological polar surface area (TPSA) is 21.7 Å². The third-order valence-corrected chi connectivity index (χ3v) is 4.10. The summed E-state index contributed by atoms with van der Waals surface area (Å²) in [6.45, 7) is 4.64. The number of allylic oxidation sites excluding steroid dienone is 3. The van der Waals surface area contributed by atoms with Crippen LogP contribution in [0.25, 0.3) is 5.70 Å². The van der Waals surface area contributed by atoms with Gasteiger partial charge in [-0.1, -0.05) is 22.3 Å². The van der Waals surface area contributed by atoms with Crippen LogP contribution < -0.4 is 4.74 Å². The predicted molar refractivity (Wildman–Crippen MR) is 93.9 cm³/mol. The SMILES string of the molecule is C=C1C(Br)=C[C-]=C(c2ccc(OCCCOC)cc2)N1CC(F)F.[Y]. The molecular formula is C18H19BrF2NO2Y-. The number of hydrogen-bond donors (Lipinski definition) is 0. The summed E-state index contributed by atoms with van der Waals surface area (Å²) < 4.78 is 37.0. The average molecular weight is 488 g/mol. The maximum Gasteiger partial charge on any atom is 0.256 e. The zero-order chi connectivity index (χ0) is 17.5. The van der Waals surface area contributed by atoms with Gasteiger partial charge in [-0.25, -0.2) is 8.78 Å². The number of nitrogens with zero attached hydrogens (tertiary/aromatic N) is 1. The Bertz CT molecular complexity index is 632. The number of methoxy groups -OCH3 is 1. The van der Waals surface area contributed by atoms with Gasteiger partial charge in [-0.05, 0) is 17.8 Å². The molecule has 0 N–H and O–H groups in total. The van der Waals surface area contributed by atoms with Crippen LogP contribution in [0, 0.1) is 6.08 Å². The summed E-state index contributed by atoms with van der Waals surface area (Å²) in [5.74, 6) is 0.724. The van der Waals surface area contributed by atoms with Crippen molar-refractivity contribution in [2.45, 2.75) is 12.8 Å². The van der Waals surface area contributed by atoms with Gasteiger partial charge in [0, 0.05) is 52.8 Å². The van der Waals surface area contributed by atoms with Crippen LogP contribution in [0.5, 0.6) is 5.75 Å². The molecular weight excluding hydrogens is 469 g/mol. The molecule has 25 heavy (non-hydrogen) atoms. The van der Waals surface area contributed by atoms with Crippen molar-refractivity contribution in [2.75, 3.05) is 26.9 Å². The Morgan fingerprint density at radius 1 is 1.24 bits per heavy atom. The molecule has 1 aliphatic heterocycles. The summed E-state index contributed by atoms with van der Waals surface area (Å²) in [5.41, 5.74) is 1.83. The first kappa shape index (κ1) is 22.5. The molecule has 1 radical (unpaired) electrons. The van der Waals surface area contributed by atoms with Crippen molar-refractivity contribution in [3.63, 3.8) is 0 Å². The van der Waals surface area contributed by atoms with Crippen LogP contribution in [0.4, 0.5) is 8.78 Å². The van der Waals surface area contributed by atoms with E-state index in [1.165, 1.54) is 4.90 Å². The fourth-order valence-corrected chi connectivity index (χ4v) is 2.57. The van der Waals surface area contributed by atoms with E-state index in [4.69, 9.17) is 9.47 Å². The largest absolute Gasteiger partial charge is 0.494 e. The summed E-state index contributed by atoms with van der Waals surface area (Å²) in [5, 5.41) is 0. The van der Waals surface area contributed by atoms with Crippen LogP contribution in [0.3, 0.4) is 0 Å². The number of hydrogen-bond acceptors (Lipinski definition) is 3. The first-order chi connectivity index (χ1) is 11.5. The quantitative estimate of drug-likeness (QED) is 0.394. The van der Waals surface area contributed by atoms with Gasteiger partial charge in [0.1, 0.15) is 5.75 Å². The smallest absolute Gasteiger partial charge is 0.256 e. The molecule has 0 bridgehead atoms. The monoisotopic (exact) mass is 487 g/mol. The van der Waals surface area contributed by atoms with Gasteiger partial charge in [0.25, 0.3) is 6.43 Å². The summed E-state index contributed by atoms with van der Waals surface area (Å²) in [4.78, 5) is 1.46. The van der Waals surface area contributed by atoms with Gasteiger partial charge >= 0.3 is 0 Å². The van der Waals surface area contributed by atoms with Crippen LogP contribution in [-0.2, 0) is 37.4 Å².